The fourth-order valence-corrected chi connectivity index (χ4v) is 3.16. The van der Waals surface area contributed by atoms with E-state index in [0.717, 1.165) is 18.8 Å². The van der Waals surface area contributed by atoms with E-state index in [4.69, 9.17) is 4.74 Å². The number of aryl methyl sites for hydroxylation is 1. The first-order valence-electron chi connectivity index (χ1n) is 7.00. The molecule has 1 N–H and O–H groups in total. The molecule has 0 fully saturated rings. The number of ether oxygens (including phenoxy) is 1. The summed E-state index contributed by atoms with van der Waals surface area (Å²) in [5.41, 5.74) is 2.52. The third-order valence-corrected chi connectivity index (χ3v) is 5.51. The molecule has 1 aromatic carbocycles. The second-order valence-electron chi connectivity index (χ2n) is 5.01. The molecule has 0 unspecified atom stereocenters. The molecular formula is C16H27NOS. The fraction of sp³-hybridized carbons (Fsp3) is 0.625. The second kappa shape index (κ2) is 7.81. The molecular weight excluding hydrogens is 254 g/mol. The molecule has 0 saturated carbocycles. The Balaban J connectivity index is 2.64. The van der Waals surface area contributed by atoms with Crippen molar-refractivity contribution in [3.8, 4) is 5.75 Å². The third kappa shape index (κ3) is 4.43. The Hall–Kier alpha value is -0.670. The van der Waals surface area contributed by atoms with Gasteiger partial charge in [-0.3, -0.25) is 0 Å². The predicted molar refractivity (Wildman–Crippen MR) is 86.3 cm³/mol. The number of nitrogens with one attached hydrogen (secondary N) is 1. The van der Waals surface area contributed by atoms with E-state index in [0.29, 0.717) is 4.75 Å². The van der Waals surface area contributed by atoms with Crippen molar-refractivity contribution in [3.63, 3.8) is 0 Å². The van der Waals surface area contributed by atoms with Gasteiger partial charge in [-0.1, -0.05) is 31.5 Å². The summed E-state index contributed by atoms with van der Waals surface area (Å²) in [7, 11) is 1.73. The van der Waals surface area contributed by atoms with Crippen LogP contribution in [0.15, 0.2) is 18.2 Å². The van der Waals surface area contributed by atoms with Crippen LogP contribution >= 0.6 is 11.8 Å². The molecule has 2 nitrogen and oxygen atoms in total. The maximum atomic E-state index is 5.42. The summed E-state index contributed by atoms with van der Waals surface area (Å²) < 4.78 is 5.77. The highest BCUT2D eigenvalue weighted by molar-refractivity contribution is 8.00. The molecule has 0 spiro atoms. The van der Waals surface area contributed by atoms with Gasteiger partial charge in [0.05, 0.1) is 7.11 Å². The normalized spacial score (nSPS) is 11.6. The Kier molecular flexibility index (Phi) is 6.73. The van der Waals surface area contributed by atoms with Gasteiger partial charge in [0.1, 0.15) is 5.75 Å². The van der Waals surface area contributed by atoms with Gasteiger partial charge in [-0.05, 0) is 32.1 Å². The van der Waals surface area contributed by atoms with Gasteiger partial charge < -0.3 is 10.1 Å². The Morgan fingerprint density at radius 3 is 2.47 bits per heavy atom. The summed E-state index contributed by atoms with van der Waals surface area (Å²) in [6.07, 6.45) is 4.60. The number of hydrogen-bond donors (Lipinski definition) is 1. The molecule has 3 heteroatoms. The Morgan fingerprint density at radius 1 is 1.26 bits per heavy atom. The monoisotopic (exact) mass is 281 g/mol. The van der Waals surface area contributed by atoms with Crippen LogP contribution in [0.3, 0.4) is 0 Å². The number of thioether (sulfide) groups is 1. The first-order chi connectivity index (χ1) is 9.10. The van der Waals surface area contributed by atoms with Gasteiger partial charge in [-0.2, -0.15) is 11.8 Å². The van der Waals surface area contributed by atoms with E-state index in [9.17, 15) is 0 Å². The number of hydrogen-bond acceptors (Lipinski definition) is 3. The molecule has 0 atom stereocenters. The minimum absolute atomic E-state index is 0.358. The minimum atomic E-state index is 0.358. The summed E-state index contributed by atoms with van der Waals surface area (Å²) in [4.78, 5) is 0. The van der Waals surface area contributed by atoms with Crippen molar-refractivity contribution in [2.75, 3.05) is 19.9 Å². The van der Waals surface area contributed by atoms with Gasteiger partial charge in [-0.25, -0.2) is 0 Å². The standard InChI is InChI=1S/C16H27NOS/c1-6-16(7-2,19-5)12-17-11-14-10-13(3)8-9-15(14)18-4/h8-10,17H,6-7,11-12H2,1-5H3. The average molecular weight is 281 g/mol. The van der Waals surface area contributed by atoms with E-state index in [1.165, 1.54) is 24.0 Å². The van der Waals surface area contributed by atoms with Crippen LogP contribution in [-0.2, 0) is 6.54 Å². The highest BCUT2D eigenvalue weighted by Crippen LogP contribution is 2.29. The first-order valence-corrected chi connectivity index (χ1v) is 8.22. The first kappa shape index (κ1) is 16.4. The maximum absolute atomic E-state index is 5.42. The molecule has 0 heterocycles. The van der Waals surface area contributed by atoms with Crippen molar-refractivity contribution < 1.29 is 4.74 Å². The van der Waals surface area contributed by atoms with Crippen molar-refractivity contribution in [1.82, 2.24) is 5.32 Å². The molecule has 0 aliphatic rings. The van der Waals surface area contributed by atoms with Gasteiger partial charge in [0, 0.05) is 23.4 Å². The summed E-state index contributed by atoms with van der Waals surface area (Å²) in [6.45, 7) is 8.57. The lowest BCUT2D eigenvalue weighted by Crippen LogP contribution is -2.36. The summed E-state index contributed by atoms with van der Waals surface area (Å²) in [5.74, 6) is 0.973. The van der Waals surface area contributed by atoms with Crippen molar-refractivity contribution >= 4 is 11.8 Å². The minimum Gasteiger partial charge on any atom is -0.496 e. The highest BCUT2D eigenvalue weighted by Gasteiger charge is 2.24. The molecule has 0 aromatic heterocycles. The Morgan fingerprint density at radius 2 is 1.95 bits per heavy atom. The van der Waals surface area contributed by atoms with Crippen LogP contribution in [0.4, 0.5) is 0 Å². The third-order valence-electron chi connectivity index (χ3n) is 3.92. The Labute approximate surface area is 122 Å². The zero-order chi connectivity index (χ0) is 14.3. The molecule has 19 heavy (non-hydrogen) atoms. The van der Waals surface area contributed by atoms with Gasteiger partial charge in [0.25, 0.3) is 0 Å². The number of benzene rings is 1. The van der Waals surface area contributed by atoms with Crippen molar-refractivity contribution in [2.45, 2.75) is 44.9 Å². The summed E-state index contributed by atoms with van der Waals surface area (Å²) in [6, 6.07) is 6.34. The van der Waals surface area contributed by atoms with E-state index in [-0.39, 0.29) is 0 Å². The second-order valence-corrected chi connectivity index (χ2v) is 6.29. The smallest absolute Gasteiger partial charge is 0.123 e. The zero-order valence-corrected chi connectivity index (χ0v) is 13.7. The van der Waals surface area contributed by atoms with Crippen LogP contribution in [0.5, 0.6) is 5.75 Å². The van der Waals surface area contributed by atoms with Crippen molar-refractivity contribution in [3.05, 3.63) is 29.3 Å². The van der Waals surface area contributed by atoms with Gasteiger partial charge in [-0.15, -0.1) is 0 Å². The van der Waals surface area contributed by atoms with Crippen LogP contribution < -0.4 is 10.1 Å². The fourth-order valence-electron chi connectivity index (χ4n) is 2.33. The SMILES string of the molecule is CCC(CC)(CNCc1cc(C)ccc1OC)SC. The van der Waals surface area contributed by atoms with Crippen LogP contribution in [0.1, 0.15) is 37.8 Å². The lowest BCUT2D eigenvalue weighted by atomic mass is 10.0. The molecule has 1 aromatic rings. The van der Waals surface area contributed by atoms with E-state index < -0.39 is 0 Å². The highest BCUT2D eigenvalue weighted by atomic mass is 32.2. The van der Waals surface area contributed by atoms with Gasteiger partial charge in [0.2, 0.25) is 0 Å². The molecule has 0 amide bonds. The average Bonchev–Trinajstić information content (AvgIpc) is 2.44. The summed E-state index contributed by atoms with van der Waals surface area (Å²) in [5, 5.41) is 3.60. The Bertz CT molecular complexity index is 380. The van der Waals surface area contributed by atoms with E-state index >= 15 is 0 Å². The van der Waals surface area contributed by atoms with Gasteiger partial charge in [0.15, 0.2) is 0 Å². The quantitative estimate of drug-likeness (QED) is 0.778. The lowest BCUT2D eigenvalue weighted by Gasteiger charge is -2.30. The molecule has 0 aliphatic carbocycles. The van der Waals surface area contributed by atoms with Crippen LogP contribution in [-0.4, -0.2) is 24.7 Å². The number of rotatable bonds is 8. The van der Waals surface area contributed by atoms with Crippen LogP contribution in [0.25, 0.3) is 0 Å². The van der Waals surface area contributed by atoms with Crippen molar-refractivity contribution in [2.24, 2.45) is 0 Å². The maximum Gasteiger partial charge on any atom is 0.123 e. The largest absolute Gasteiger partial charge is 0.496 e. The van der Waals surface area contributed by atoms with Crippen LogP contribution in [0, 0.1) is 6.92 Å². The van der Waals surface area contributed by atoms with Gasteiger partial charge >= 0.3 is 0 Å². The number of methoxy groups -OCH3 is 1. The molecule has 108 valence electrons. The van der Waals surface area contributed by atoms with Crippen molar-refractivity contribution in [1.29, 1.82) is 0 Å². The van der Waals surface area contributed by atoms with Crippen LogP contribution in [0.2, 0.25) is 0 Å². The lowest BCUT2D eigenvalue weighted by molar-refractivity contribution is 0.405. The molecule has 1 rings (SSSR count). The predicted octanol–water partition coefficient (Wildman–Crippen LogP) is 4.02. The zero-order valence-electron chi connectivity index (χ0n) is 12.9. The molecule has 0 bridgehead atoms. The molecule has 0 saturated heterocycles. The van der Waals surface area contributed by atoms with E-state index in [1.807, 2.05) is 17.8 Å². The summed E-state index contributed by atoms with van der Waals surface area (Å²) >= 11 is 1.97. The topological polar surface area (TPSA) is 21.3 Å². The molecule has 0 aliphatic heterocycles. The van der Waals surface area contributed by atoms with E-state index in [1.54, 1.807) is 7.11 Å². The molecule has 0 radical (unpaired) electrons. The van der Waals surface area contributed by atoms with E-state index in [2.05, 4.69) is 44.5 Å².